The van der Waals surface area contributed by atoms with E-state index in [0.29, 0.717) is 12.5 Å². The van der Waals surface area contributed by atoms with Gasteiger partial charge in [-0.25, -0.2) is 0 Å². The van der Waals surface area contributed by atoms with Gasteiger partial charge in [0, 0.05) is 24.6 Å². The average molecular weight is 278 g/mol. The zero-order valence-electron chi connectivity index (χ0n) is 11.5. The van der Waals surface area contributed by atoms with Gasteiger partial charge in [0.1, 0.15) is 0 Å². The lowest BCUT2D eigenvalue weighted by molar-refractivity contribution is 0.0413. The van der Waals surface area contributed by atoms with Crippen LogP contribution in [0.4, 0.5) is 0 Å². The highest BCUT2D eigenvalue weighted by Gasteiger charge is 2.16. The largest absolute Gasteiger partial charge is 0.381 e. The topological polar surface area (TPSA) is 38.5 Å². The molecule has 2 N–H and O–H groups in total. The Labute approximate surface area is 119 Å². The Morgan fingerprint density at radius 2 is 2.42 bits per heavy atom. The van der Waals surface area contributed by atoms with E-state index in [1.54, 1.807) is 11.3 Å². The Hall–Kier alpha value is -0.860. The van der Waals surface area contributed by atoms with Crippen molar-refractivity contribution in [1.82, 2.24) is 4.90 Å². The van der Waals surface area contributed by atoms with E-state index in [0.717, 1.165) is 31.2 Å². The van der Waals surface area contributed by atoms with Gasteiger partial charge in [-0.15, -0.1) is 11.3 Å². The molecule has 0 amide bonds. The van der Waals surface area contributed by atoms with Crippen molar-refractivity contribution >= 4 is 11.3 Å². The second-order valence-corrected chi connectivity index (χ2v) is 6.22. The molecule has 1 aromatic heterocycles. The van der Waals surface area contributed by atoms with Gasteiger partial charge in [-0.05, 0) is 37.9 Å². The fraction of sp³-hybridized carbons (Fsp3) is 0.600. The molecule has 0 saturated carbocycles. The average Bonchev–Trinajstić information content (AvgIpc) is 2.85. The number of nitrogens with two attached hydrogens (primary N) is 1. The van der Waals surface area contributed by atoms with Crippen LogP contribution in [0.3, 0.4) is 0 Å². The van der Waals surface area contributed by atoms with Gasteiger partial charge in [-0.2, -0.15) is 0 Å². The summed E-state index contributed by atoms with van der Waals surface area (Å²) >= 11 is 1.76. The molecule has 4 heteroatoms. The van der Waals surface area contributed by atoms with Gasteiger partial charge < -0.3 is 15.4 Å². The first-order valence-corrected chi connectivity index (χ1v) is 7.63. The maximum atomic E-state index is 5.53. The molecule has 1 aliphatic heterocycles. The van der Waals surface area contributed by atoms with E-state index in [9.17, 15) is 0 Å². The van der Waals surface area contributed by atoms with Gasteiger partial charge in [0.15, 0.2) is 0 Å². The fourth-order valence-electron chi connectivity index (χ4n) is 2.39. The molecule has 1 fully saturated rings. The second-order valence-electron chi connectivity index (χ2n) is 5.05. The maximum Gasteiger partial charge on any atom is 0.0772 e. The van der Waals surface area contributed by atoms with Gasteiger partial charge in [-0.3, -0.25) is 0 Å². The second kappa shape index (κ2) is 7.66. The van der Waals surface area contributed by atoms with Crippen molar-refractivity contribution in [3.05, 3.63) is 21.9 Å². The third-order valence-corrected chi connectivity index (χ3v) is 4.21. The first kappa shape index (κ1) is 14.5. The van der Waals surface area contributed by atoms with E-state index in [4.69, 9.17) is 10.5 Å². The highest BCUT2D eigenvalue weighted by molar-refractivity contribution is 7.12. The highest BCUT2D eigenvalue weighted by Crippen LogP contribution is 2.19. The summed E-state index contributed by atoms with van der Waals surface area (Å²) in [6, 6.07) is 4.25. The van der Waals surface area contributed by atoms with E-state index >= 15 is 0 Å². The third-order valence-electron chi connectivity index (χ3n) is 3.23. The minimum absolute atomic E-state index is 0.425. The summed E-state index contributed by atoms with van der Waals surface area (Å²) in [5, 5.41) is 0. The predicted molar refractivity (Wildman–Crippen MR) is 80.1 cm³/mol. The first-order chi connectivity index (χ1) is 9.28. The van der Waals surface area contributed by atoms with Crippen molar-refractivity contribution in [1.29, 1.82) is 0 Å². The number of thiophene rings is 1. The van der Waals surface area contributed by atoms with E-state index in [1.807, 2.05) is 0 Å². The van der Waals surface area contributed by atoms with Crippen molar-refractivity contribution in [3.63, 3.8) is 0 Å². The molecule has 2 heterocycles. The van der Waals surface area contributed by atoms with Crippen LogP contribution in [0.15, 0.2) is 12.1 Å². The zero-order chi connectivity index (χ0) is 13.5. The Morgan fingerprint density at radius 3 is 3.16 bits per heavy atom. The third kappa shape index (κ3) is 4.96. The van der Waals surface area contributed by atoms with Crippen molar-refractivity contribution in [2.45, 2.75) is 19.4 Å². The smallest absolute Gasteiger partial charge is 0.0772 e. The summed E-state index contributed by atoms with van der Waals surface area (Å²) in [6.45, 7) is 4.39. The lowest BCUT2D eigenvalue weighted by Crippen LogP contribution is -2.30. The lowest BCUT2D eigenvalue weighted by Gasteiger charge is -2.26. The number of ether oxygens (including phenoxy) is 1. The SMILES string of the molecule is CN(Cc1ccc(C#CCN)s1)CC1CCCOC1. The molecule has 1 unspecified atom stereocenters. The van der Waals surface area contributed by atoms with Gasteiger partial charge >= 0.3 is 0 Å². The minimum atomic E-state index is 0.425. The zero-order valence-corrected chi connectivity index (χ0v) is 12.3. The van der Waals surface area contributed by atoms with Crippen LogP contribution in [0.2, 0.25) is 0 Å². The van der Waals surface area contributed by atoms with Crippen LogP contribution in [-0.4, -0.2) is 38.3 Å². The van der Waals surface area contributed by atoms with Gasteiger partial charge in [0.05, 0.1) is 18.0 Å². The normalized spacial score (nSPS) is 19.2. The standard InChI is InChI=1S/C15H22N2OS/c1-17(10-13-4-3-9-18-12-13)11-15-7-6-14(19-15)5-2-8-16/h6-7,13H,3-4,8-12,16H2,1H3. The van der Waals surface area contributed by atoms with Gasteiger partial charge in [0.2, 0.25) is 0 Å². The van der Waals surface area contributed by atoms with Crippen molar-refractivity contribution in [2.24, 2.45) is 11.7 Å². The monoisotopic (exact) mass is 278 g/mol. The lowest BCUT2D eigenvalue weighted by atomic mass is 10.0. The molecule has 0 aromatic carbocycles. The summed E-state index contributed by atoms with van der Waals surface area (Å²) < 4.78 is 5.53. The van der Waals surface area contributed by atoms with E-state index < -0.39 is 0 Å². The molecule has 19 heavy (non-hydrogen) atoms. The van der Waals surface area contributed by atoms with Crippen LogP contribution in [-0.2, 0) is 11.3 Å². The van der Waals surface area contributed by atoms with Crippen molar-refractivity contribution in [3.8, 4) is 11.8 Å². The number of rotatable bonds is 4. The molecule has 1 aliphatic rings. The molecule has 104 valence electrons. The number of nitrogens with zero attached hydrogens (tertiary/aromatic N) is 1. The van der Waals surface area contributed by atoms with Crippen LogP contribution in [0.25, 0.3) is 0 Å². The molecule has 0 aliphatic carbocycles. The number of hydrogen-bond acceptors (Lipinski definition) is 4. The van der Waals surface area contributed by atoms with Gasteiger partial charge in [0.25, 0.3) is 0 Å². The summed E-state index contributed by atoms with van der Waals surface area (Å²) in [6.07, 6.45) is 2.50. The van der Waals surface area contributed by atoms with E-state index in [-0.39, 0.29) is 0 Å². The predicted octanol–water partition coefficient (Wildman–Crippen LogP) is 1.92. The summed E-state index contributed by atoms with van der Waals surface area (Å²) in [5.74, 6) is 6.67. The van der Waals surface area contributed by atoms with Crippen LogP contribution < -0.4 is 5.73 Å². The molecular formula is C15H22N2OS. The summed E-state index contributed by atoms with van der Waals surface area (Å²) in [4.78, 5) is 4.85. The Bertz CT molecular complexity index is 440. The van der Waals surface area contributed by atoms with Crippen LogP contribution in [0, 0.1) is 17.8 Å². The quantitative estimate of drug-likeness (QED) is 0.855. The van der Waals surface area contributed by atoms with Crippen LogP contribution in [0.1, 0.15) is 22.6 Å². The molecular weight excluding hydrogens is 256 g/mol. The number of hydrogen-bond donors (Lipinski definition) is 1. The van der Waals surface area contributed by atoms with E-state index in [1.165, 1.54) is 17.7 Å². The fourth-order valence-corrected chi connectivity index (χ4v) is 3.35. The van der Waals surface area contributed by atoms with E-state index in [2.05, 4.69) is 35.9 Å². The summed E-state index contributed by atoms with van der Waals surface area (Å²) in [5.41, 5.74) is 5.38. The molecule has 0 radical (unpaired) electrons. The molecule has 1 atom stereocenters. The van der Waals surface area contributed by atoms with Crippen LogP contribution >= 0.6 is 11.3 Å². The Kier molecular flexibility index (Phi) is 5.87. The molecule has 2 rings (SSSR count). The van der Waals surface area contributed by atoms with Gasteiger partial charge in [-0.1, -0.05) is 11.8 Å². The molecule has 0 bridgehead atoms. The minimum Gasteiger partial charge on any atom is -0.381 e. The first-order valence-electron chi connectivity index (χ1n) is 6.82. The maximum absolute atomic E-state index is 5.53. The summed E-state index contributed by atoms with van der Waals surface area (Å²) in [7, 11) is 2.18. The molecule has 0 spiro atoms. The van der Waals surface area contributed by atoms with Crippen molar-refractivity contribution < 1.29 is 4.74 Å². The molecule has 3 nitrogen and oxygen atoms in total. The van der Waals surface area contributed by atoms with Crippen molar-refractivity contribution in [2.75, 3.05) is 33.4 Å². The highest BCUT2D eigenvalue weighted by atomic mass is 32.1. The molecule has 1 saturated heterocycles. The van der Waals surface area contributed by atoms with Crippen LogP contribution in [0.5, 0.6) is 0 Å². The Morgan fingerprint density at radius 1 is 1.53 bits per heavy atom. The molecule has 1 aromatic rings. The Balaban J connectivity index is 1.80.